The van der Waals surface area contributed by atoms with Crippen LogP contribution in [0, 0.1) is 35.0 Å². The van der Waals surface area contributed by atoms with E-state index < -0.39 is 140 Å². The summed E-state index contributed by atoms with van der Waals surface area (Å²) in [6.45, 7) is 18.9. The number of hydrogen-bond acceptors (Lipinski definition) is 17. The molecule has 426 valence electrons. The Bertz CT molecular complexity index is 2110. The summed E-state index contributed by atoms with van der Waals surface area (Å²) in [7, 11) is -0.0507. The van der Waals surface area contributed by atoms with E-state index in [1.807, 2.05) is 53.5 Å². The highest BCUT2D eigenvalue weighted by molar-refractivity contribution is 7.91. The third-order valence-corrected chi connectivity index (χ3v) is 17.4. The maximum Gasteiger partial charge on any atom is 0.341 e. The molecule has 74 heavy (non-hydrogen) atoms. The molecule has 1 amide bonds. The maximum absolute atomic E-state index is 14.7. The minimum Gasteiger partial charge on any atom is -0.459 e. The van der Waals surface area contributed by atoms with Crippen molar-refractivity contribution in [1.29, 1.82) is 0 Å². The van der Waals surface area contributed by atoms with Crippen LogP contribution in [0.15, 0.2) is 34.3 Å². The number of aliphatic hydroxyl groups is 4. The standard InChI is InChI=1S/C52H86F3N3O15S/c1-15-39-52(11,64)45(61)32(6)43(57-69-27-67-13)28(2)24-51(10,68-14)47(30(4)42(31(5)48(63)72-39)38-25-50(8,9)46(62)33(7)71-38)73-41-23-35(22-29(3)70-41)58(12)21-20-40(59)56-37(26-53)44(60)34-16-18-36(19-17-34)74(65,66)49(54)55/h16-19,28-33,35,37-39,41-42,44-47,49,60-62,64H,15,20-27H2,1-14H3,(H,56,59)/b57-43-/t28-,29-,30+,31-,32+,33+,35+,37-,38-,39-,41+,42?,44-,45-,46+,47-,51-,52-/m1/s1. The number of halogens is 3. The van der Waals surface area contributed by atoms with Gasteiger partial charge in [-0.2, -0.15) is 8.78 Å². The van der Waals surface area contributed by atoms with E-state index in [2.05, 4.69) is 10.5 Å². The molecule has 0 saturated carbocycles. The molecule has 0 aromatic heterocycles. The largest absolute Gasteiger partial charge is 0.459 e. The molecular formula is C52H86F3N3O15S. The second-order valence-corrected chi connectivity index (χ2v) is 24.1. The van der Waals surface area contributed by atoms with Crippen LogP contribution in [0.1, 0.15) is 126 Å². The molecule has 18 nitrogen and oxygen atoms in total. The molecule has 1 aromatic carbocycles. The lowest BCUT2D eigenvalue weighted by Crippen LogP contribution is -2.60. The number of alkyl halides is 3. The van der Waals surface area contributed by atoms with Crippen LogP contribution in [0.3, 0.4) is 0 Å². The van der Waals surface area contributed by atoms with Crippen LogP contribution in [0.5, 0.6) is 0 Å². The van der Waals surface area contributed by atoms with E-state index in [1.165, 1.54) is 14.0 Å². The normalized spacial score (nSPS) is 37.2. The first-order valence-corrected chi connectivity index (χ1v) is 27.3. The van der Waals surface area contributed by atoms with Crippen molar-refractivity contribution in [3.8, 4) is 0 Å². The third kappa shape index (κ3) is 15.0. The van der Waals surface area contributed by atoms with Crippen molar-refractivity contribution in [2.24, 2.45) is 40.2 Å². The Labute approximate surface area is 436 Å². The van der Waals surface area contributed by atoms with Gasteiger partial charge in [0.25, 0.3) is 0 Å². The number of ether oxygens (including phenoxy) is 6. The number of cyclic esters (lactones) is 1. The Morgan fingerprint density at radius 1 is 0.973 bits per heavy atom. The topological polar surface area (TPSA) is 241 Å². The number of benzene rings is 1. The number of rotatable bonds is 18. The number of esters is 1. The van der Waals surface area contributed by atoms with E-state index in [0.29, 0.717) is 25.0 Å². The summed E-state index contributed by atoms with van der Waals surface area (Å²) in [5.41, 5.74) is -3.38. The summed E-state index contributed by atoms with van der Waals surface area (Å²) < 4.78 is 103. The molecule has 4 rings (SSSR count). The Hall–Kier alpha value is -3.03. The van der Waals surface area contributed by atoms with Gasteiger partial charge in [-0.05, 0) is 89.5 Å². The monoisotopic (exact) mass is 1080 g/mol. The maximum atomic E-state index is 14.7. The van der Waals surface area contributed by atoms with Crippen molar-refractivity contribution in [3.05, 3.63) is 29.8 Å². The summed E-state index contributed by atoms with van der Waals surface area (Å²) in [4.78, 5) is 34.8. The fraction of sp³-hybridized carbons (Fsp3) is 0.827. The van der Waals surface area contributed by atoms with Crippen LogP contribution < -0.4 is 5.32 Å². The number of hydrogen-bond donors (Lipinski definition) is 5. The second kappa shape index (κ2) is 26.5. The zero-order chi connectivity index (χ0) is 55.8. The molecule has 3 fully saturated rings. The molecule has 5 N–H and O–H groups in total. The first-order chi connectivity index (χ1) is 34.4. The average Bonchev–Trinajstić information content (AvgIpc) is 3.34. The smallest absolute Gasteiger partial charge is 0.341 e. The molecule has 0 radical (unpaired) electrons. The minimum absolute atomic E-state index is 0.0166. The van der Waals surface area contributed by atoms with Gasteiger partial charge in [0.05, 0.1) is 64.8 Å². The average molecular weight is 1080 g/mol. The van der Waals surface area contributed by atoms with E-state index in [-0.39, 0.29) is 50.3 Å². The molecule has 3 heterocycles. The van der Waals surface area contributed by atoms with Crippen molar-refractivity contribution in [1.82, 2.24) is 10.2 Å². The van der Waals surface area contributed by atoms with E-state index in [9.17, 15) is 51.6 Å². The number of amides is 1. The molecule has 1 unspecified atom stereocenters. The highest BCUT2D eigenvalue weighted by Crippen LogP contribution is 2.47. The predicted octanol–water partition coefficient (Wildman–Crippen LogP) is 5.72. The number of carbonyl (C=O) groups excluding carboxylic acids is 2. The van der Waals surface area contributed by atoms with Gasteiger partial charge in [-0.25, -0.2) is 12.8 Å². The number of oxime groups is 1. The molecule has 0 spiro atoms. The molecule has 3 aliphatic rings. The van der Waals surface area contributed by atoms with Crippen LogP contribution in [-0.2, 0) is 52.7 Å². The SMILES string of the molecule is CC[C@H]1OC(=O)[C@H](C)C([C@H]2CC(C)(C)[C@@H](O)[C@H](C)O2)[C@H](C)[C@@H](O[C@H]2C[C@@H](N(C)CCC(=O)N[C@H](CF)[C@H](O)c3ccc(S(=O)(=O)C(F)F)cc3)C[C@@H](C)O2)[C@](C)(OC)C[C@@H](C)/C(=N/OCOC)[C@H](C)[C@@H](O)[C@]1(C)O. The fourth-order valence-corrected chi connectivity index (χ4v) is 12.3. The van der Waals surface area contributed by atoms with Gasteiger partial charge in [-0.1, -0.05) is 65.8 Å². The summed E-state index contributed by atoms with van der Waals surface area (Å²) in [5, 5.41) is 53.2. The fourth-order valence-electron chi connectivity index (χ4n) is 11.5. The highest BCUT2D eigenvalue weighted by atomic mass is 32.2. The number of aliphatic hydroxyl groups excluding tert-OH is 3. The van der Waals surface area contributed by atoms with Crippen LogP contribution in [0.4, 0.5) is 13.2 Å². The number of nitrogens with zero attached hydrogens (tertiary/aromatic N) is 2. The van der Waals surface area contributed by atoms with E-state index in [1.54, 1.807) is 34.8 Å². The second-order valence-electron chi connectivity index (χ2n) is 22.1. The zero-order valence-corrected chi connectivity index (χ0v) is 46.5. The number of methoxy groups -OCH3 is 2. The van der Waals surface area contributed by atoms with Crippen molar-refractivity contribution < 1.29 is 84.9 Å². The summed E-state index contributed by atoms with van der Waals surface area (Å²) in [5.74, 6) is -8.29. The molecule has 22 heteroatoms. The Kier molecular flexibility index (Phi) is 22.8. The zero-order valence-electron chi connectivity index (χ0n) is 45.7. The van der Waals surface area contributed by atoms with Gasteiger partial charge in [-0.15, -0.1) is 0 Å². The summed E-state index contributed by atoms with van der Waals surface area (Å²) >= 11 is 0. The lowest BCUT2D eigenvalue weighted by atomic mass is 9.66. The number of sulfone groups is 1. The van der Waals surface area contributed by atoms with E-state index in [0.717, 1.165) is 24.3 Å². The molecule has 3 saturated heterocycles. The number of carbonyl (C=O) groups is 2. The van der Waals surface area contributed by atoms with Crippen LogP contribution in [0.2, 0.25) is 0 Å². The lowest BCUT2D eigenvalue weighted by Gasteiger charge is -2.52. The highest BCUT2D eigenvalue weighted by Gasteiger charge is 2.54. The van der Waals surface area contributed by atoms with Gasteiger partial charge in [0.15, 0.2) is 6.29 Å². The molecule has 0 aliphatic carbocycles. The van der Waals surface area contributed by atoms with Crippen LogP contribution >= 0.6 is 0 Å². The van der Waals surface area contributed by atoms with Gasteiger partial charge in [-0.3, -0.25) is 9.59 Å². The van der Waals surface area contributed by atoms with Crippen molar-refractivity contribution in [2.75, 3.05) is 41.3 Å². The van der Waals surface area contributed by atoms with Crippen molar-refractivity contribution >= 4 is 27.4 Å². The van der Waals surface area contributed by atoms with E-state index in [4.69, 9.17) is 33.3 Å². The first kappa shape index (κ1) is 63.5. The van der Waals surface area contributed by atoms with Crippen LogP contribution in [0.25, 0.3) is 0 Å². The Balaban J connectivity index is 1.70. The Morgan fingerprint density at radius 3 is 2.16 bits per heavy atom. The van der Waals surface area contributed by atoms with Gasteiger partial charge >= 0.3 is 11.7 Å². The molecule has 18 atom stereocenters. The number of nitrogens with one attached hydrogen (secondary N) is 1. The van der Waals surface area contributed by atoms with Crippen LogP contribution in [-0.4, -0.2) is 171 Å². The quantitative estimate of drug-likeness (QED) is 0.0512. The van der Waals surface area contributed by atoms with Gasteiger partial charge in [0, 0.05) is 57.4 Å². The lowest BCUT2D eigenvalue weighted by molar-refractivity contribution is -0.275. The third-order valence-electron chi connectivity index (χ3n) is 16.0. The van der Waals surface area contributed by atoms with Gasteiger partial charge < -0.3 is 63.9 Å². The first-order valence-electron chi connectivity index (χ1n) is 25.8. The summed E-state index contributed by atoms with van der Waals surface area (Å²) in [6.07, 6.45) is -6.85. The molecule has 0 bridgehead atoms. The Morgan fingerprint density at radius 2 is 1.61 bits per heavy atom. The van der Waals surface area contributed by atoms with Crippen molar-refractivity contribution in [3.63, 3.8) is 0 Å². The van der Waals surface area contributed by atoms with Gasteiger partial charge in [0.1, 0.15) is 24.5 Å². The minimum atomic E-state index is -4.89. The van der Waals surface area contributed by atoms with Crippen molar-refractivity contribution in [2.45, 2.75) is 204 Å². The molecular weight excluding hydrogens is 996 g/mol. The van der Waals surface area contributed by atoms with E-state index >= 15 is 0 Å². The van der Waals surface area contributed by atoms with Gasteiger partial charge in [0.2, 0.25) is 22.5 Å². The predicted molar refractivity (Wildman–Crippen MR) is 268 cm³/mol. The summed E-state index contributed by atoms with van der Waals surface area (Å²) in [6, 6.07) is 2.32. The molecule has 3 aliphatic heterocycles. The molecule has 1 aromatic rings.